The number of benzene rings is 2. The molecule has 120 valence electrons. The van der Waals surface area contributed by atoms with Gasteiger partial charge in [-0.25, -0.2) is 8.78 Å². The van der Waals surface area contributed by atoms with Crippen LogP contribution in [0.1, 0.15) is 11.1 Å². The first-order chi connectivity index (χ1) is 11.0. The number of primary amides is 1. The van der Waals surface area contributed by atoms with Crippen molar-refractivity contribution in [3.8, 4) is 0 Å². The first-order valence-corrected chi connectivity index (χ1v) is 7.02. The van der Waals surface area contributed by atoms with E-state index >= 15 is 0 Å². The first kappa shape index (κ1) is 16.6. The van der Waals surface area contributed by atoms with Crippen molar-refractivity contribution in [3.63, 3.8) is 0 Å². The van der Waals surface area contributed by atoms with Crippen LogP contribution in [0.2, 0.25) is 0 Å². The lowest BCUT2D eigenvalue weighted by molar-refractivity contribution is -0.127. The summed E-state index contributed by atoms with van der Waals surface area (Å²) in [5.74, 6) is -2.76. The number of amides is 2. The molecular weight excluding hydrogens is 302 g/mol. The summed E-state index contributed by atoms with van der Waals surface area (Å²) in [5, 5.41) is 2.48. The quantitative estimate of drug-likeness (QED) is 0.851. The summed E-state index contributed by atoms with van der Waals surface area (Å²) in [6.45, 7) is 0. The maximum Gasteiger partial charge on any atom is 0.240 e. The average molecular weight is 318 g/mol. The third-order valence-electron chi connectivity index (χ3n) is 3.33. The summed E-state index contributed by atoms with van der Waals surface area (Å²) >= 11 is 0. The number of rotatable bonds is 6. The number of halogens is 2. The molecule has 1 atom stereocenters. The number of carbonyl (C=O) groups excluding carboxylic acids is 2. The highest BCUT2D eigenvalue weighted by atomic mass is 19.1. The van der Waals surface area contributed by atoms with Gasteiger partial charge in [0.15, 0.2) is 0 Å². The van der Waals surface area contributed by atoms with Gasteiger partial charge in [0.05, 0.1) is 6.42 Å². The van der Waals surface area contributed by atoms with Gasteiger partial charge in [-0.1, -0.05) is 36.4 Å². The van der Waals surface area contributed by atoms with Gasteiger partial charge >= 0.3 is 0 Å². The topological polar surface area (TPSA) is 72.2 Å². The molecule has 6 heteroatoms. The largest absolute Gasteiger partial charge is 0.368 e. The van der Waals surface area contributed by atoms with Crippen molar-refractivity contribution >= 4 is 11.8 Å². The minimum atomic E-state index is -0.895. The Morgan fingerprint density at radius 1 is 1.09 bits per heavy atom. The second-order valence-electron chi connectivity index (χ2n) is 5.12. The summed E-state index contributed by atoms with van der Waals surface area (Å²) in [5.41, 5.74) is 6.18. The van der Waals surface area contributed by atoms with Crippen LogP contribution in [0.4, 0.5) is 8.78 Å². The predicted octanol–water partition coefficient (Wildman–Crippen LogP) is 1.72. The summed E-state index contributed by atoms with van der Waals surface area (Å²) in [4.78, 5) is 23.5. The first-order valence-electron chi connectivity index (χ1n) is 7.02. The summed E-state index contributed by atoms with van der Waals surface area (Å²) in [6, 6.07) is 11.1. The highest BCUT2D eigenvalue weighted by Gasteiger charge is 2.19. The fourth-order valence-electron chi connectivity index (χ4n) is 2.16. The molecule has 0 heterocycles. The smallest absolute Gasteiger partial charge is 0.240 e. The Hall–Kier alpha value is -2.76. The zero-order valence-electron chi connectivity index (χ0n) is 12.3. The molecule has 0 unspecified atom stereocenters. The molecule has 0 spiro atoms. The molecule has 2 aromatic rings. The Kier molecular flexibility index (Phi) is 5.41. The highest BCUT2D eigenvalue weighted by Crippen LogP contribution is 2.10. The van der Waals surface area contributed by atoms with Gasteiger partial charge in [0, 0.05) is 12.5 Å². The third-order valence-corrected chi connectivity index (χ3v) is 3.33. The minimum absolute atomic E-state index is 0.0480. The maximum absolute atomic E-state index is 13.5. The van der Waals surface area contributed by atoms with E-state index in [2.05, 4.69) is 5.32 Å². The van der Waals surface area contributed by atoms with Crippen molar-refractivity contribution < 1.29 is 18.4 Å². The summed E-state index contributed by atoms with van der Waals surface area (Å²) in [6.07, 6.45) is -0.0570. The van der Waals surface area contributed by atoms with Crippen LogP contribution in [-0.2, 0) is 22.4 Å². The van der Waals surface area contributed by atoms with Crippen molar-refractivity contribution in [2.24, 2.45) is 5.73 Å². The lowest BCUT2D eigenvalue weighted by Crippen LogP contribution is -2.46. The van der Waals surface area contributed by atoms with Crippen molar-refractivity contribution in [2.45, 2.75) is 18.9 Å². The van der Waals surface area contributed by atoms with Crippen LogP contribution in [0.15, 0.2) is 48.5 Å². The Bertz CT molecular complexity index is 705. The Labute approximate surface area is 132 Å². The van der Waals surface area contributed by atoms with E-state index in [1.807, 2.05) is 30.3 Å². The van der Waals surface area contributed by atoms with Crippen molar-refractivity contribution in [1.29, 1.82) is 0 Å². The lowest BCUT2D eigenvalue weighted by atomic mass is 10.0. The Morgan fingerprint density at radius 2 is 1.78 bits per heavy atom. The SMILES string of the molecule is NC(=O)[C@@H](Cc1ccccc1)NC(=O)Cc1ccc(F)cc1F. The molecule has 0 aromatic heterocycles. The molecule has 0 fully saturated rings. The molecular formula is C17H16F2N2O2. The van der Waals surface area contributed by atoms with Gasteiger partial charge in [-0.05, 0) is 17.2 Å². The number of carbonyl (C=O) groups is 2. The molecule has 3 N–H and O–H groups in total. The predicted molar refractivity (Wildman–Crippen MR) is 81.3 cm³/mol. The fraction of sp³-hybridized carbons (Fsp3) is 0.176. The van der Waals surface area contributed by atoms with E-state index in [4.69, 9.17) is 5.73 Å². The molecule has 0 radical (unpaired) electrons. The van der Waals surface area contributed by atoms with Crippen LogP contribution >= 0.6 is 0 Å². The van der Waals surface area contributed by atoms with Crippen LogP contribution in [0.25, 0.3) is 0 Å². The van der Waals surface area contributed by atoms with Crippen LogP contribution in [0, 0.1) is 11.6 Å². The molecule has 4 nitrogen and oxygen atoms in total. The molecule has 0 aliphatic heterocycles. The van der Waals surface area contributed by atoms with Crippen LogP contribution in [0.5, 0.6) is 0 Å². The summed E-state index contributed by atoms with van der Waals surface area (Å²) < 4.78 is 26.4. The van der Waals surface area contributed by atoms with Crippen molar-refractivity contribution in [3.05, 3.63) is 71.3 Å². The van der Waals surface area contributed by atoms with Gasteiger partial charge in [0.25, 0.3) is 0 Å². The second-order valence-corrected chi connectivity index (χ2v) is 5.12. The van der Waals surface area contributed by atoms with E-state index in [9.17, 15) is 18.4 Å². The molecule has 0 saturated heterocycles. The number of hydrogen-bond donors (Lipinski definition) is 2. The summed E-state index contributed by atoms with van der Waals surface area (Å²) in [7, 11) is 0. The fourth-order valence-corrected chi connectivity index (χ4v) is 2.16. The molecule has 0 aliphatic carbocycles. The van der Waals surface area contributed by atoms with E-state index in [0.717, 1.165) is 11.6 Å². The zero-order chi connectivity index (χ0) is 16.8. The highest BCUT2D eigenvalue weighted by molar-refractivity contribution is 5.87. The van der Waals surface area contributed by atoms with E-state index in [-0.39, 0.29) is 18.4 Å². The normalized spacial score (nSPS) is 11.7. The van der Waals surface area contributed by atoms with Gasteiger partial charge in [0.1, 0.15) is 17.7 Å². The second kappa shape index (κ2) is 7.49. The van der Waals surface area contributed by atoms with Gasteiger partial charge in [-0.3, -0.25) is 9.59 Å². The number of nitrogens with one attached hydrogen (secondary N) is 1. The zero-order valence-corrected chi connectivity index (χ0v) is 12.3. The monoisotopic (exact) mass is 318 g/mol. The standard InChI is InChI=1S/C17H16F2N2O2/c18-13-7-6-12(14(19)10-13)9-16(22)21-15(17(20)23)8-11-4-2-1-3-5-11/h1-7,10,15H,8-9H2,(H2,20,23)(H,21,22)/t15-/m1/s1. The molecule has 2 amide bonds. The molecule has 0 saturated carbocycles. The maximum atomic E-state index is 13.5. The molecule has 0 bridgehead atoms. The van der Waals surface area contributed by atoms with Gasteiger partial charge in [-0.15, -0.1) is 0 Å². The van der Waals surface area contributed by atoms with Gasteiger partial charge in [0.2, 0.25) is 11.8 Å². The van der Waals surface area contributed by atoms with Gasteiger partial charge in [-0.2, -0.15) is 0 Å². The Morgan fingerprint density at radius 3 is 2.39 bits per heavy atom. The van der Waals surface area contributed by atoms with Gasteiger partial charge < -0.3 is 11.1 Å². The van der Waals surface area contributed by atoms with E-state index in [1.54, 1.807) is 0 Å². The lowest BCUT2D eigenvalue weighted by Gasteiger charge is -2.16. The molecule has 2 aromatic carbocycles. The van der Waals surface area contributed by atoms with Crippen molar-refractivity contribution in [1.82, 2.24) is 5.32 Å². The van der Waals surface area contributed by atoms with Crippen LogP contribution < -0.4 is 11.1 Å². The number of nitrogens with two attached hydrogens (primary N) is 1. The minimum Gasteiger partial charge on any atom is -0.368 e. The van der Waals surface area contributed by atoms with Crippen LogP contribution in [-0.4, -0.2) is 17.9 Å². The molecule has 0 aliphatic rings. The third kappa shape index (κ3) is 4.88. The van der Waals surface area contributed by atoms with E-state index < -0.39 is 29.5 Å². The van der Waals surface area contributed by atoms with Crippen molar-refractivity contribution in [2.75, 3.05) is 0 Å². The average Bonchev–Trinajstić information content (AvgIpc) is 2.50. The molecule has 2 rings (SSSR count). The molecule has 23 heavy (non-hydrogen) atoms. The van der Waals surface area contributed by atoms with E-state index in [1.165, 1.54) is 6.07 Å². The Balaban J connectivity index is 2.02. The van der Waals surface area contributed by atoms with E-state index in [0.29, 0.717) is 6.07 Å². The number of hydrogen-bond acceptors (Lipinski definition) is 2. The van der Waals surface area contributed by atoms with Crippen LogP contribution in [0.3, 0.4) is 0 Å².